The SMILES string of the molecule is O=C(Nc1cc(C(F)(F)F)cc(C(F)(F)F)c1)N1CCC(N(C2CC2)S(=O)(=O)c2cccc(C(F)(F)F)c2)CC1. The third kappa shape index (κ3) is 6.65. The van der Waals surface area contributed by atoms with Crippen LogP contribution >= 0.6 is 0 Å². The van der Waals surface area contributed by atoms with Crippen molar-refractivity contribution in [3.63, 3.8) is 0 Å². The van der Waals surface area contributed by atoms with E-state index in [1.807, 2.05) is 5.32 Å². The standard InChI is InChI=1S/C24H22F9N3O3S/c25-22(26,27)14-2-1-3-20(13-14)40(38,39)36(18-4-5-18)19-6-8-35(9-7-19)21(37)34-17-11-15(23(28,29)30)10-16(12-17)24(31,32)33/h1-3,10-13,18-19H,4-9H2,(H,34,37). The van der Waals surface area contributed by atoms with E-state index < -0.39 is 73.9 Å². The molecule has 0 spiro atoms. The van der Waals surface area contributed by atoms with Gasteiger partial charge in [-0.15, -0.1) is 0 Å². The van der Waals surface area contributed by atoms with E-state index in [9.17, 15) is 52.7 Å². The highest BCUT2D eigenvalue weighted by molar-refractivity contribution is 7.89. The van der Waals surface area contributed by atoms with Gasteiger partial charge in [-0.3, -0.25) is 0 Å². The molecule has 1 heterocycles. The number of halogens is 9. The number of carbonyl (C=O) groups is 1. The summed E-state index contributed by atoms with van der Waals surface area (Å²) in [6, 6.07) is 1.93. The fourth-order valence-electron chi connectivity index (χ4n) is 4.53. The van der Waals surface area contributed by atoms with E-state index in [1.54, 1.807) is 0 Å². The molecule has 1 N–H and O–H groups in total. The molecule has 2 aliphatic rings. The number of sulfonamides is 1. The second kappa shape index (κ2) is 10.4. The minimum Gasteiger partial charge on any atom is -0.324 e. The van der Waals surface area contributed by atoms with E-state index in [0.29, 0.717) is 31.0 Å². The molecule has 0 atom stereocenters. The maximum absolute atomic E-state index is 13.4. The van der Waals surface area contributed by atoms with Crippen LogP contribution in [0.25, 0.3) is 0 Å². The monoisotopic (exact) mass is 603 g/mol. The molecular weight excluding hydrogens is 581 g/mol. The van der Waals surface area contributed by atoms with Crippen molar-refractivity contribution >= 4 is 21.7 Å². The van der Waals surface area contributed by atoms with Crippen LogP contribution in [-0.4, -0.2) is 48.8 Å². The van der Waals surface area contributed by atoms with Gasteiger partial charge in [-0.1, -0.05) is 6.07 Å². The molecule has 4 rings (SSSR count). The van der Waals surface area contributed by atoms with E-state index in [2.05, 4.69) is 0 Å². The van der Waals surface area contributed by atoms with Gasteiger partial charge >= 0.3 is 24.6 Å². The Labute approximate surface area is 222 Å². The predicted octanol–water partition coefficient (Wildman–Crippen LogP) is 6.59. The van der Waals surface area contributed by atoms with E-state index in [0.717, 1.165) is 27.4 Å². The Balaban J connectivity index is 1.48. The number of alkyl halides is 9. The molecule has 16 heteroatoms. The molecule has 2 aromatic rings. The fraction of sp³-hybridized carbons (Fsp3) is 0.458. The van der Waals surface area contributed by atoms with Gasteiger partial charge in [-0.05, 0) is 62.1 Å². The Morgan fingerprint density at radius 2 is 1.25 bits per heavy atom. The van der Waals surface area contributed by atoms with Gasteiger partial charge in [0.1, 0.15) is 0 Å². The summed E-state index contributed by atoms with van der Waals surface area (Å²) in [5.41, 5.74) is -5.05. The van der Waals surface area contributed by atoms with E-state index in [1.165, 1.54) is 0 Å². The molecule has 2 fully saturated rings. The molecule has 2 aromatic carbocycles. The zero-order valence-corrected chi connectivity index (χ0v) is 21.2. The van der Waals surface area contributed by atoms with Crippen molar-refractivity contribution in [2.45, 2.75) is 61.2 Å². The number of anilines is 1. The summed E-state index contributed by atoms with van der Waals surface area (Å²) in [6.07, 6.45) is -13.9. The number of nitrogens with one attached hydrogen (secondary N) is 1. The molecule has 1 aliphatic carbocycles. The van der Waals surface area contributed by atoms with Gasteiger partial charge in [0.25, 0.3) is 0 Å². The summed E-state index contributed by atoms with van der Waals surface area (Å²) in [6.45, 7) is -0.189. The number of rotatable bonds is 5. The smallest absolute Gasteiger partial charge is 0.324 e. The van der Waals surface area contributed by atoms with Gasteiger partial charge in [0.15, 0.2) is 0 Å². The lowest BCUT2D eigenvalue weighted by atomic mass is 10.1. The summed E-state index contributed by atoms with van der Waals surface area (Å²) in [5.74, 6) is 0. The van der Waals surface area contributed by atoms with E-state index >= 15 is 0 Å². The van der Waals surface area contributed by atoms with E-state index in [-0.39, 0.29) is 32.0 Å². The first-order valence-corrected chi connectivity index (χ1v) is 13.4. The predicted molar refractivity (Wildman–Crippen MR) is 124 cm³/mol. The number of likely N-dealkylation sites (tertiary alicyclic amines) is 1. The number of carbonyl (C=O) groups excluding carboxylic acids is 1. The van der Waals surface area contributed by atoms with Gasteiger partial charge < -0.3 is 10.2 Å². The average Bonchev–Trinajstić information content (AvgIpc) is 3.67. The molecular formula is C24H22F9N3O3S. The Morgan fingerprint density at radius 1 is 0.750 bits per heavy atom. The molecule has 1 saturated carbocycles. The van der Waals surface area contributed by atoms with Crippen LogP contribution in [0.2, 0.25) is 0 Å². The lowest BCUT2D eigenvalue weighted by Crippen LogP contribution is -2.50. The molecule has 1 aliphatic heterocycles. The van der Waals surface area contributed by atoms with Crippen molar-refractivity contribution in [3.8, 4) is 0 Å². The van der Waals surface area contributed by atoms with Crippen LogP contribution in [0.15, 0.2) is 47.4 Å². The zero-order chi connectivity index (χ0) is 29.7. The second-order valence-electron chi connectivity index (χ2n) is 9.53. The summed E-state index contributed by atoms with van der Waals surface area (Å²) >= 11 is 0. The summed E-state index contributed by atoms with van der Waals surface area (Å²) in [7, 11) is -4.34. The minimum atomic E-state index is -5.10. The summed E-state index contributed by atoms with van der Waals surface area (Å²) in [5, 5.41) is 2.04. The molecule has 220 valence electrons. The highest BCUT2D eigenvalue weighted by Gasteiger charge is 2.44. The lowest BCUT2D eigenvalue weighted by Gasteiger charge is -2.38. The minimum absolute atomic E-state index is 0.0541. The number of urea groups is 1. The molecule has 2 amide bonds. The summed E-state index contributed by atoms with van der Waals surface area (Å²) in [4.78, 5) is 13.3. The highest BCUT2D eigenvalue weighted by Crippen LogP contribution is 2.39. The second-order valence-corrected chi connectivity index (χ2v) is 11.4. The normalized spacial score (nSPS) is 17.8. The maximum Gasteiger partial charge on any atom is 0.416 e. The molecule has 1 saturated heterocycles. The molecule has 0 unspecified atom stereocenters. The van der Waals surface area contributed by atoms with Crippen molar-refractivity contribution in [1.29, 1.82) is 0 Å². The molecule has 0 bridgehead atoms. The molecule has 0 aromatic heterocycles. The third-order valence-electron chi connectivity index (χ3n) is 6.59. The first kappa shape index (κ1) is 30.0. The zero-order valence-electron chi connectivity index (χ0n) is 20.4. The first-order chi connectivity index (χ1) is 18.4. The van der Waals surface area contributed by atoms with Gasteiger partial charge in [-0.2, -0.15) is 43.8 Å². The van der Waals surface area contributed by atoms with Crippen molar-refractivity contribution in [3.05, 3.63) is 59.2 Å². The van der Waals surface area contributed by atoms with Gasteiger partial charge in [0, 0.05) is 30.9 Å². The maximum atomic E-state index is 13.4. The van der Waals surface area contributed by atoms with Crippen LogP contribution < -0.4 is 5.32 Å². The van der Waals surface area contributed by atoms with Gasteiger partial charge in [0.2, 0.25) is 10.0 Å². The van der Waals surface area contributed by atoms with Crippen LogP contribution in [0.5, 0.6) is 0 Å². The number of hydrogen-bond donors (Lipinski definition) is 1. The topological polar surface area (TPSA) is 69.7 Å². The van der Waals surface area contributed by atoms with Crippen LogP contribution in [-0.2, 0) is 28.6 Å². The molecule has 40 heavy (non-hydrogen) atoms. The first-order valence-electron chi connectivity index (χ1n) is 11.9. The number of piperidine rings is 1. The van der Waals surface area contributed by atoms with E-state index in [4.69, 9.17) is 0 Å². The van der Waals surface area contributed by atoms with Crippen molar-refractivity contribution in [1.82, 2.24) is 9.21 Å². The Morgan fingerprint density at radius 3 is 1.73 bits per heavy atom. The molecule has 0 radical (unpaired) electrons. The van der Waals surface area contributed by atoms with Crippen molar-refractivity contribution in [2.75, 3.05) is 18.4 Å². The van der Waals surface area contributed by atoms with Crippen LogP contribution in [0.1, 0.15) is 42.4 Å². The Bertz CT molecular complexity index is 1330. The molecule has 6 nitrogen and oxygen atoms in total. The largest absolute Gasteiger partial charge is 0.416 e. The fourth-order valence-corrected chi connectivity index (χ4v) is 6.50. The van der Waals surface area contributed by atoms with Gasteiger partial charge in [-0.25, -0.2) is 13.2 Å². The van der Waals surface area contributed by atoms with Crippen molar-refractivity contribution in [2.24, 2.45) is 0 Å². The lowest BCUT2D eigenvalue weighted by molar-refractivity contribution is -0.143. The number of hydrogen-bond acceptors (Lipinski definition) is 3. The van der Waals surface area contributed by atoms with Crippen molar-refractivity contribution < 1.29 is 52.7 Å². The summed E-state index contributed by atoms with van der Waals surface area (Å²) < 4.78 is 146. The number of benzene rings is 2. The third-order valence-corrected chi connectivity index (χ3v) is 8.60. The average molecular weight is 604 g/mol. The van der Waals surface area contributed by atoms with Gasteiger partial charge in [0.05, 0.1) is 21.6 Å². The quantitative estimate of drug-likeness (QED) is 0.392. The Hall–Kier alpha value is -3.01. The van der Waals surface area contributed by atoms with Crippen LogP contribution in [0, 0.1) is 0 Å². The number of nitrogens with zero attached hydrogens (tertiary/aromatic N) is 2. The Kier molecular flexibility index (Phi) is 7.81. The van der Waals surface area contributed by atoms with Crippen LogP contribution in [0.4, 0.5) is 50.0 Å². The number of amides is 2. The van der Waals surface area contributed by atoms with Crippen LogP contribution in [0.3, 0.4) is 0 Å². The highest BCUT2D eigenvalue weighted by atomic mass is 32.2.